The van der Waals surface area contributed by atoms with Gasteiger partial charge in [0.1, 0.15) is 23.8 Å². The van der Waals surface area contributed by atoms with Crippen molar-refractivity contribution in [3.8, 4) is 0 Å². The molecule has 1 amide bonds. The number of aliphatic hydroxyl groups is 1. The van der Waals surface area contributed by atoms with Gasteiger partial charge in [-0.05, 0) is 44.3 Å². The van der Waals surface area contributed by atoms with Gasteiger partial charge in [0, 0.05) is 32.1 Å². The van der Waals surface area contributed by atoms with Crippen molar-refractivity contribution < 1.29 is 40.3 Å². The van der Waals surface area contributed by atoms with Crippen molar-refractivity contribution in [2.24, 2.45) is 4.99 Å². The number of nitrogens with one attached hydrogen (secondary N) is 3. The van der Waals surface area contributed by atoms with Gasteiger partial charge in [-0.3, -0.25) is 9.79 Å². The Hall–Kier alpha value is -3.20. The van der Waals surface area contributed by atoms with Crippen LogP contribution in [-0.2, 0) is 14.8 Å². The number of benzene rings is 1. The lowest BCUT2D eigenvalue weighted by Crippen LogP contribution is -2.52. The first-order valence-corrected chi connectivity index (χ1v) is 12.9. The van der Waals surface area contributed by atoms with Gasteiger partial charge in [0.2, 0.25) is 21.8 Å². The number of carbonyl (C=O) groups is 1. The zero-order valence-electron chi connectivity index (χ0n) is 20.8. The average Bonchev–Trinajstić information content (AvgIpc) is 3.13. The number of amides is 1. The topological polar surface area (TPSA) is 123 Å². The highest BCUT2D eigenvalue weighted by atomic mass is 32.2. The molecule has 0 radical (unpaired) electrons. The molecule has 0 spiro atoms. The Morgan fingerprint density at radius 3 is 2.45 bits per heavy atom. The summed E-state index contributed by atoms with van der Waals surface area (Å²) >= 11 is 0. The van der Waals surface area contributed by atoms with Gasteiger partial charge in [0.05, 0.1) is 17.0 Å². The molecule has 1 aromatic rings. The number of rotatable bonds is 10. The van der Waals surface area contributed by atoms with Crippen molar-refractivity contribution >= 4 is 21.8 Å². The molecule has 1 saturated heterocycles. The molecule has 1 aliphatic heterocycles. The molecule has 1 fully saturated rings. The Morgan fingerprint density at radius 1 is 1.32 bits per heavy atom. The minimum absolute atomic E-state index is 0.361. The van der Waals surface area contributed by atoms with Gasteiger partial charge in [-0.15, -0.1) is 0 Å². The predicted molar refractivity (Wildman–Crippen MR) is 131 cm³/mol. The van der Waals surface area contributed by atoms with E-state index in [1.54, 1.807) is 0 Å². The maximum Gasteiger partial charge on any atom is 0.449 e. The quantitative estimate of drug-likeness (QED) is 0.149. The van der Waals surface area contributed by atoms with Gasteiger partial charge in [0.15, 0.2) is 0 Å². The van der Waals surface area contributed by atoms with Crippen LogP contribution in [0.1, 0.15) is 26.7 Å². The second kappa shape index (κ2) is 12.6. The first kappa shape index (κ1) is 31.0. The van der Waals surface area contributed by atoms with Crippen LogP contribution in [0.15, 0.2) is 58.9 Å². The molecule has 15 heteroatoms. The number of nitrogens with zero attached hydrogens (tertiary/aromatic N) is 2. The van der Waals surface area contributed by atoms with Crippen LogP contribution in [0.4, 0.5) is 22.0 Å². The summed E-state index contributed by atoms with van der Waals surface area (Å²) in [6.45, 7) is 5.76. The van der Waals surface area contributed by atoms with Crippen molar-refractivity contribution in [1.82, 2.24) is 20.3 Å². The molecular formula is C23H30F5N5O4S. The van der Waals surface area contributed by atoms with E-state index in [2.05, 4.69) is 22.2 Å². The molecule has 4 N–H and O–H groups in total. The maximum atomic E-state index is 14.7. The van der Waals surface area contributed by atoms with Crippen LogP contribution in [-0.4, -0.2) is 73.1 Å². The molecule has 1 heterocycles. The Bertz CT molecular complexity index is 1160. The molecular weight excluding hydrogens is 537 g/mol. The van der Waals surface area contributed by atoms with Crippen LogP contribution in [0.2, 0.25) is 0 Å². The molecule has 1 aromatic carbocycles. The Balaban J connectivity index is 2.39. The van der Waals surface area contributed by atoms with E-state index in [1.807, 2.05) is 5.32 Å². The Morgan fingerprint density at radius 2 is 1.92 bits per heavy atom. The van der Waals surface area contributed by atoms with E-state index in [1.165, 1.54) is 20.9 Å². The fourth-order valence-electron chi connectivity index (χ4n) is 3.94. The molecule has 0 saturated carbocycles. The van der Waals surface area contributed by atoms with Gasteiger partial charge in [0.25, 0.3) is 0 Å². The molecule has 1 aliphatic rings. The number of aliphatic imine (C=N–C) groups is 1. The van der Waals surface area contributed by atoms with Gasteiger partial charge >= 0.3 is 6.18 Å². The summed E-state index contributed by atoms with van der Waals surface area (Å²) in [6, 6.07) is -1.58. The molecule has 1 unspecified atom stereocenters. The number of halogens is 5. The second-order valence-electron chi connectivity index (χ2n) is 8.61. The van der Waals surface area contributed by atoms with E-state index in [9.17, 15) is 40.3 Å². The highest BCUT2D eigenvalue weighted by Gasteiger charge is 2.49. The van der Waals surface area contributed by atoms with Crippen LogP contribution in [0.3, 0.4) is 0 Å². The van der Waals surface area contributed by atoms with Crippen molar-refractivity contribution in [3.63, 3.8) is 0 Å². The molecule has 212 valence electrons. The van der Waals surface area contributed by atoms with Gasteiger partial charge in [-0.2, -0.15) is 17.5 Å². The summed E-state index contributed by atoms with van der Waals surface area (Å²) in [5.74, 6) is -3.48. The number of amidine groups is 1. The zero-order chi connectivity index (χ0) is 28.8. The summed E-state index contributed by atoms with van der Waals surface area (Å²) < 4.78 is 95.4. The van der Waals surface area contributed by atoms with Gasteiger partial charge < -0.3 is 21.1 Å². The minimum Gasteiger partial charge on any atom is -0.511 e. The van der Waals surface area contributed by atoms with Crippen LogP contribution in [0.25, 0.3) is 0 Å². The molecule has 38 heavy (non-hydrogen) atoms. The number of carbonyl (C=O) groups excluding carboxylic acids is 1. The fourth-order valence-corrected chi connectivity index (χ4v) is 5.75. The summed E-state index contributed by atoms with van der Waals surface area (Å²) in [5.41, 5.74) is 0. The molecule has 0 bridgehead atoms. The standard InChI is InChI=1S/C23H30F5N5O4S/c1-5-30-22(23(26,27)28)32-19(10-16(34)12-29-4)13(2)31-21(35)20-11-18(25)14(3)33(20)38(36,37)17-8-6-15(24)7-9-17/h5-9,12-14,18-20,29,34H,1,10-11H2,2-4H3,(H,30,32)(H,31,35)/b16-12+/t13-,14+,18-,19?,20+/m1/s1. The van der Waals surface area contributed by atoms with Crippen LogP contribution in [0, 0.1) is 5.82 Å². The largest absolute Gasteiger partial charge is 0.511 e. The number of hydrogen-bond donors (Lipinski definition) is 4. The van der Waals surface area contributed by atoms with Gasteiger partial charge in [-0.25, -0.2) is 17.2 Å². The monoisotopic (exact) mass is 567 g/mol. The summed E-state index contributed by atoms with van der Waals surface area (Å²) in [5, 5.41) is 16.9. The average molecular weight is 568 g/mol. The minimum atomic E-state index is -4.92. The van der Waals surface area contributed by atoms with E-state index in [0.717, 1.165) is 36.7 Å². The highest BCUT2D eigenvalue weighted by Crippen LogP contribution is 2.33. The summed E-state index contributed by atoms with van der Waals surface area (Å²) in [6.07, 6.45) is -5.71. The Kier molecular flexibility index (Phi) is 10.3. The normalized spacial score (nSPS) is 23.0. The first-order valence-electron chi connectivity index (χ1n) is 11.4. The second-order valence-corrected chi connectivity index (χ2v) is 10.5. The van der Waals surface area contributed by atoms with E-state index in [-0.39, 0.29) is 10.7 Å². The molecule has 9 nitrogen and oxygen atoms in total. The maximum absolute atomic E-state index is 14.7. The van der Waals surface area contributed by atoms with E-state index < -0.39 is 76.9 Å². The predicted octanol–water partition coefficient (Wildman–Crippen LogP) is 2.89. The molecule has 5 atom stereocenters. The van der Waals surface area contributed by atoms with Crippen molar-refractivity contribution in [2.75, 3.05) is 7.05 Å². The lowest BCUT2D eigenvalue weighted by Gasteiger charge is -2.29. The van der Waals surface area contributed by atoms with E-state index in [0.29, 0.717) is 4.31 Å². The lowest BCUT2D eigenvalue weighted by atomic mass is 10.0. The number of aliphatic hydroxyl groups excluding tert-OH is 1. The number of alkyl halides is 4. The van der Waals surface area contributed by atoms with Crippen LogP contribution < -0.4 is 16.0 Å². The van der Waals surface area contributed by atoms with E-state index >= 15 is 0 Å². The summed E-state index contributed by atoms with van der Waals surface area (Å²) in [4.78, 5) is 16.4. The van der Waals surface area contributed by atoms with Crippen molar-refractivity contribution in [1.29, 1.82) is 0 Å². The fraction of sp³-hybridized carbons (Fsp3) is 0.478. The number of hydrogen-bond acceptors (Lipinski definition) is 6. The number of sulfonamides is 1. The van der Waals surface area contributed by atoms with Crippen molar-refractivity contribution in [2.45, 2.75) is 68.1 Å². The van der Waals surface area contributed by atoms with Crippen LogP contribution in [0.5, 0.6) is 0 Å². The first-order chi connectivity index (χ1) is 17.6. The van der Waals surface area contributed by atoms with Gasteiger partial charge in [-0.1, -0.05) is 6.58 Å². The van der Waals surface area contributed by atoms with Crippen molar-refractivity contribution in [3.05, 3.63) is 54.8 Å². The van der Waals surface area contributed by atoms with E-state index in [4.69, 9.17) is 0 Å². The third-order valence-electron chi connectivity index (χ3n) is 5.85. The third kappa shape index (κ3) is 7.43. The zero-order valence-corrected chi connectivity index (χ0v) is 21.7. The molecule has 0 aromatic heterocycles. The molecule has 0 aliphatic carbocycles. The molecule has 2 rings (SSSR count). The SMILES string of the molecule is C=CNC(=NC(C/C(O)=C\NC)[C@@H](C)NC(=O)[C@@H]1C[C@@H](F)[C@H](C)N1S(=O)(=O)c1ccc(F)cc1)C(F)(F)F. The van der Waals surface area contributed by atoms with Crippen LogP contribution >= 0.6 is 0 Å². The Labute approximate surface area is 217 Å². The summed E-state index contributed by atoms with van der Waals surface area (Å²) in [7, 11) is -3.00. The highest BCUT2D eigenvalue weighted by molar-refractivity contribution is 7.89. The smallest absolute Gasteiger partial charge is 0.449 e. The lowest BCUT2D eigenvalue weighted by molar-refractivity contribution is -0.125. The third-order valence-corrected chi connectivity index (χ3v) is 7.86.